The summed E-state index contributed by atoms with van der Waals surface area (Å²) in [6.07, 6.45) is 0. The van der Waals surface area contributed by atoms with Gasteiger partial charge in [-0.25, -0.2) is 0 Å². The van der Waals surface area contributed by atoms with Gasteiger partial charge >= 0.3 is 29.6 Å². The molecule has 1 amide bonds. The van der Waals surface area contributed by atoms with Crippen LogP contribution in [0.2, 0.25) is 10.0 Å². The monoisotopic (exact) mass is 595 g/mol. The van der Waals surface area contributed by atoms with Crippen LogP contribution in [0.25, 0.3) is 10.8 Å². The second kappa shape index (κ2) is 12.6. The first kappa shape index (κ1) is 30.8. The number of azo groups is 1. The van der Waals surface area contributed by atoms with Crippen molar-refractivity contribution in [3.05, 3.63) is 81.8 Å². The van der Waals surface area contributed by atoms with E-state index in [-0.39, 0.29) is 51.5 Å². The van der Waals surface area contributed by atoms with E-state index in [9.17, 15) is 22.9 Å². The van der Waals surface area contributed by atoms with E-state index < -0.39 is 26.7 Å². The Morgan fingerprint density at radius 2 is 1.74 bits per heavy atom. The van der Waals surface area contributed by atoms with Crippen molar-refractivity contribution >= 4 is 67.1 Å². The minimum Gasteiger partial charge on any atom is -0.870 e. The molecule has 0 aromatic heterocycles. The molecule has 13 heteroatoms. The number of amides is 1. The molecule has 39 heavy (non-hydrogen) atoms. The maximum absolute atomic E-state index is 13.5. The summed E-state index contributed by atoms with van der Waals surface area (Å²) in [5.41, 5.74) is 0.360. The molecule has 0 aliphatic heterocycles. The zero-order chi connectivity index (χ0) is 27.6. The number of nitrogens with one attached hydrogen (secondary N) is 1. The quantitative estimate of drug-likeness (QED) is 0.189. The number of hydrogen-bond acceptors (Lipinski definition) is 7. The van der Waals surface area contributed by atoms with Crippen molar-refractivity contribution in [3.63, 3.8) is 0 Å². The molecule has 0 heterocycles. The molecule has 0 aliphatic rings. The van der Waals surface area contributed by atoms with Gasteiger partial charge in [0.2, 0.25) is 0 Å². The predicted octanol–water partition coefficient (Wildman–Crippen LogP) is 3.85. The van der Waals surface area contributed by atoms with E-state index in [1.807, 2.05) is 0 Å². The van der Waals surface area contributed by atoms with Crippen LogP contribution in [0.3, 0.4) is 0 Å². The number of hydrogen-bond donors (Lipinski definition) is 2. The first-order valence-electron chi connectivity index (χ1n) is 11.2. The topological polar surface area (TPSA) is 140 Å². The van der Waals surface area contributed by atoms with Crippen molar-refractivity contribution in [2.75, 3.05) is 11.9 Å². The molecule has 4 aromatic carbocycles. The number of nitrogens with zero attached hydrogens (tertiary/aromatic N) is 2. The fourth-order valence-electron chi connectivity index (χ4n) is 3.71. The molecule has 0 unspecified atom stereocenters. The van der Waals surface area contributed by atoms with Crippen molar-refractivity contribution < 1.29 is 57.2 Å². The number of halogens is 2. The first-order valence-corrected chi connectivity index (χ1v) is 13.4. The molecule has 0 saturated heterocycles. The molecule has 0 fully saturated rings. The molecule has 0 saturated carbocycles. The van der Waals surface area contributed by atoms with E-state index >= 15 is 0 Å². The number of benzene rings is 4. The second-order valence-electron chi connectivity index (χ2n) is 8.07. The normalized spacial score (nSPS) is 11.4. The fourth-order valence-corrected chi connectivity index (χ4v) is 4.97. The van der Waals surface area contributed by atoms with Gasteiger partial charge in [0.15, 0.2) is 0 Å². The van der Waals surface area contributed by atoms with Crippen LogP contribution >= 0.6 is 23.2 Å². The largest absolute Gasteiger partial charge is 1.00 e. The summed E-state index contributed by atoms with van der Waals surface area (Å²) in [7, 11) is -4.62. The number of rotatable bonds is 7. The summed E-state index contributed by atoms with van der Waals surface area (Å²) < 4.78 is 38.3. The summed E-state index contributed by atoms with van der Waals surface area (Å²) in [5.74, 6) is -1.08. The van der Waals surface area contributed by atoms with Crippen molar-refractivity contribution in [3.8, 4) is 11.5 Å². The third kappa shape index (κ3) is 6.72. The van der Waals surface area contributed by atoms with E-state index in [0.29, 0.717) is 39.4 Å². The summed E-state index contributed by atoms with van der Waals surface area (Å²) in [5, 5.41) is 25.3. The van der Waals surface area contributed by atoms with Crippen LogP contribution in [-0.2, 0) is 10.1 Å². The van der Waals surface area contributed by atoms with Gasteiger partial charge in [0.25, 0.3) is 16.0 Å². The Labute approximate surface area is 256 Å². The van der Waals surface area contributed by atoms with E-state index in [2.05, 4.69) is 15.5 Å². The van der Waals surface area contributed by atoms with E-state index in [4.69, 9.17) is 27.9 Å². The molecule has 196 valence electrons. The zero-order valence-electron chi connectivity index (χ0n) is 21.0. The molecule has 0 aliphatic carbocycles. The van der Waals surface area contributed by atoms with E-state index in [0.717, 1.165) is 6.07 Å². The molecule has 0 spiro atoms. The smallest absolute Gasteiger partial charge is 0.870 e. The van der Waals surface area contributed by atoms with Crippen LogP contribution in [-0.4, -0.2) is 25.5 Å². The molecule has 2 N–H and O–H groups in total. The summed E-state index contributed by atoms with van der Waals surface area (Å²) >= 11 is 12.2. The van der Waals surface area contributed by atoms with Gasteiger partial charge in [-0.1, -0.05) is 59.3 Å². The number of ether oxygens (including phenoxy) is 1. The third-order valence-electron chi connectivity index (χ3n) is 5.52. The average Bonchev–Trinajstić information content (AvgIpc) is 2.85. The molecular formula is C26H20Cl2N3NaO6S. The Morgan fingerprint density at radius 3 is 2.44 bits per heavy atom. The van der Waals surface area contributed by atoms with Crippen LogP contribution in [0, 0.1) is 6.92 Å². The molecule has 9 nitrogen and oxygen atoms in total. The standard InChI is InChI=1S/C26H21Cl2N3O6S.Na/c1-3-37-20-13-16(27)9-10-19(20)29-26(33)18-12-15-6-4-5-7-17(15)24(25(18)32)31-30-23-14(2)8-11-21(22(23)28)38(34,35)36;/h4-13,32H,3H2,1-2H3,(H,29,33)(H,34,35,36);/q;+1/p-1. The molecule has 4 rings (SSSR count). The van der Waals surface area contributed by atoms with E-state index in [1.54, 1.807) is 56.3 Å². The van der Waals surface area contributed by atoms with Crippen molar-refractivity contribution in [2.45, 2.75) is 18.7 Å². The molecule has 0 bridgehead atoms. The van der Waals surface area contributed by atoms with Gasteiger partial charge in [-0.05, 0) is 49.1 Å². The van der Waals surface area contributed by atoms with Gasteiger partial charge in [0.1, 0.15) is 16.3 Å². The Balaban J connectivity index is 0.00000420. The molecule has 0 atom stereocenters. The molecule has 4 aromatic rings. The number of aryl methyl sites for hydroxylation is 1. The molecule has 0 radical (unpaired) electrons. The zero-order valence-corrected chi connectivity index (χ0v) is 25.4. The summed E-state index contributed by atoms with van der Waals surface area (Å²) in [6.45, 7) is 3.72. The van der Waals surface area contributed by atoms with Gasteiger partial charge in [0, 0.05) is 22.0 Å². The van der Waals surface area contributed by atoms with Crippen molar-refractivity contribution in [1.82, 2.24) is 0 Å². The Kier molecular flexibility index (Phi) is 10.0. The number of fused-ring (bicyclic) bond motifs is 1. The van der Waals surface area contributed by atoms with Gasteiger partial charge in [-0.2, -0.15) is 13.5 Å². The minimum atomic E-state index is -4.62. The van der Waals surface area contributed by atoms with Crippen LogP contribution in [0.4, 0.5) is 17.1 Å². The second-order valence-corrected chi connectivity index (χ2v) is 10.3. The number of anilines is 1. The average molecular weight is 596 g/mol. The van der Waals surface area contributed by atoms with Crippen LogP contribution < -0.4 is 44.7 Å². The SMILES string of the molecule is CCOc1cc(Cl)ccc1NC(=O)c1cc2ccccc2c(N=Nc2c(C)ccc(S(=O)(=O)O)c2Cl)c1[O-].[Na+]. The Hall–Kier alpha value is -2.70. The fraction of sp³-hybridized carbons (Fsp3) is 0.115. The summed E-state index contributed by atoms with van der Waals surface area (Å²) in [4.78, 5) is 12.7. The van der Waals surface area contributed by atoms with Gasteiger partial charge in [-0.15, -0.1) is 5.11 Å². The Morgan fingerprint density at radius 1 is 1.05 bits per heavy atom. The predicted molar refractivity (Wildman–Crippen MR) is 144 cm³/mol. The number of carbonyl (C=O) groups is 1. The van der Waals surface area contributed by atoms with Crippen LogP contribution in [0.15, 0.2) is 75.8 Å². The van der Waals surface area contributed by atoms with Crippen molar-refractivity contribution in [1.29, 1.82) is 0 Å². The maximum Gasteiger partial charge on any atom is 1.00 e. The first-order chi connectivity index (χ1) is 18.0. The third-order valence-corrected chi connectivity index (χ3v) is 7.15. The van der Waals surface area contributed by atoms with Gasteiger partial charge < -0.3 is 15.2 Å². The van der Waals surface area contributed by atoms with Crippen LogP contribution in [0.1, 0.15) is 22.8 Å². The maximum atomic E-state index is 13.5. The van der Waals surface area contributed by atoms with E-state index in [1.165, 1.54) is 12.1 Å². The van der Waals surface area contributed by atoms with Gasteiger partial charge in [-0.3, -0.25) is 9.35 Å². The number of carbonyl (C=O) groups excluding carboxylic acids is 1. The Bertz CT molecular complexity index is 1710. The minimum absolute atomic E-state index is 0. The van der Waals surface area contributed by atoms with Crippen molar-refractivity contribution in [2.24, 2.45) is 10.2 Å². The van der Waals surface area contributed by atoms with Crippen LogP contribution in [0.5, 0.6) is 11.5 Å². The molecular weight excluding hydrogens is 576 g/mol. The summed E-state index contributed by atoms with van der Waals surface area (Å²) in [6, 6.07) is 15.4. The van der Waals surface area contributed by atoms with Gasteiger partial charge in [0.05, 0.1) is 23.0 Å².